The van der Waals surface area contributed by atoms with Gasteiger partial charge >= 0.3 is 16.3 Å². The highest BCUT2D eigenvalue weighted by Gasteiger charge is 2.18. The maximum absolute atomic E-state index is 11.1. The van der Waals surface area contributed by atoms with Gasteiger partial charge in [0.05, 0.1) is 12.2 Å². The van der Waals surface area contributed by atoms with Crippen molar-refractivity contribution in [2.24, 2.45) is 0 Å². The van der Waals surface area contributed by atoms with Crippen molar-refractivity contribution >= 4 is 16.3 Å². The van der Waals surface area contributed by atoms with Crippen LogP contribution < -0.4 is 9.44 Å². The molecule has 0 spiro atoms. The van der Waals surface area contributed by atoms with Gasteiger partial charge in [0.25, 0.3) is 0 Å². The maximum atomic E-state index is 11.1. The van der Waals surface area contributed by atoms with E-state index < -0.39 is 28.4 Å². The van der Waals surface area contributed by atoms with Gasteiger partial charge in [-0.15, -0.1) is 0 Å². The minimum atomic E-state index is -4.03. The summed E-state index contributed by atoms with van der Waals surface area (Å²) >= 11 is 0. The Balaban J connectivity index is 4.28. The number of amides is 1. The molecule has 0 heterocycles. The zero-order valence-electron chi connectivity index (χ0n) is 8.64. The van der Waals surface area contributed by atoms with Crippen molar-refractivity contribution in [3.8, 4) is 6.07 Å². The number of hydrogen-bond donors (Lipinski definition) is 2. The third-order valence-corrected chi connectivity index (χ3v) is 2.19. The molecule has 7 nitrogen and oxygen atoms in total. The molecule has 0 saturated carbocycles. The van der Waals surface area contributed by atoms with Crippen LogP contribution in [-0.2, 0) is 14.9 Å². The highest BCUT2D eigenvalue weighted by molar-refractivity contribution is 7.88. The molecule has 0 saturated heterocycles. The molecular weight excluding hydrogens is 222 g/mol. The lowest BCUT2D eigenvalue weighted by molar-refractivity contribution is 0.121. The van der Waals surface area contributed by atoms with Gasteiger partial charge in [-0.05, 0) is 20.8 Å². The highest BCUT2D eigenvalue weighted by Crippen LogP contribution is 1.90. The number of rotatable bonds is 4. The van der Waals surface area contributed by atoms with Gasteiger partial charge in [0, 0.05) is 0 Å². The average Bonchev–Trinajstić information content (AvgIpc) is 1.99. The van der Waals surface area contributed by atoms with Gasteiger partial charge in [-0.2, -0.15) is 18.4 Å². The lowest BCUT2D eigenvalue weighted by Crippen LogP contribution is -2.44. The fraction of sp³-hybridized carbons (Fsp3) is 0.714. The zero-order valence-corrected chi connectivity index (χ0v) is 9.46. The normalized spacial score (nSPS) is 13.0. The number of nitrogens with zero attached hydrogens (tertiary/aromatic N) is 1. The third-order valence-electron chi connectivity index (χ3n) is 1.09. The van der Waals surface area contributed by atoms with Crippen LogP contribution in [0.1, 0.15) is 20.8 Å². The molecular formula is C7H13N3O4S. The molecule has 1 atom stereocenters. The molecule has 0 bridgehead atoms. The van der Waals surface area contributed by atoms with Crippen LogP contribution in [0.5, 0.6) is 0 Å². The van der Waals surface area contributed by atoms with Gasteiger partial charge in [-0.1, -0.05) is 0 Å². The van der Waals surface area contributed by atoms with Crippen molar-refractivity contribution in [3.63, 3.8) is 0 Å². The van der Waals surface area contributed by atoms with Crippen LogP contribution >= 0.6 is 0 Å². The summed E-state index contributed by atoms with van der Waals surface area (Å²) in [5.74, 6) is 0. The highest BCUT2D eigenvalue weighted by atomic mass is 32.2. The van der Waals surface area contributed by atoms with Crippen LogP contribution in [0, 0.1) is 11.3 Å². The lowest BCUT2D eigenvalue weighted by Gasteiger charge is -2.11. The maximum Gasteiger partial charge on any atom is 0.422 e. The van der Waals surface area contributed by atoms with Crippen LogP contribution in [0.4, 0.5) is 4.79 Å². The predicted octanol–water partition coefficient (Wildman–Crippen LogP) is -0.133. The fourth-order valence-electron chi connectivity index (χ4n) is 0.636. The quantitative estimate of drug-likeness (QED) is 0.705. The van der Waals surface area contributed by atoms with Crippen LogP contribution in [0.25, 0.3) is 0 Å². The first kappa shape index (κ1) is 13.7. The first-order chi connectivity index (χ1) is 6.76. The van der Waals surface area contributed by atoms with Crippen LogP contribution in [0.3, 0.4) is 0 Å². The molecule has 0 aliphatic rings. The number of hydrogen-bond acceptors (Lipinski definition) is 5. The molecule has 0 rings (SSSR count). The lowest BCUT2D eigenvalue weighted by atomic mass is 10.4. The Morgan fingerprint density at radius 1 is 1.40 bits per heavy atom. The summed E-state index contributed by atoms with van der Waals surface area (Å²) in [6.45, 7) is 4.50. The van der Waals surface area contributed by atoms with E-state index >= 15 is 0 Å². The Morgan fingerprint density at radius 3 is 2.33 bits per heavy atom. The Bertz CT molecular complexity index is 357. The van der Waals surface area contributed by atoms with Gasteiger partial charge in [0.2, 0.25) is 0 Å². The van der Waals surface area contributed by atoms with Crippen molar-refractivity contribution in [3.05, 3.63) is 0 Å². The summed E-state index contributed by atoms with van der Waals surface area (Å²) in [4.78, 5) is 10.9. The minimum Gasteiger partial charge on any atom is -0.446 e. The molecule has 86 valence electrons. The number of carbonyl (C=O) groups is 1. The van der Waals surface area contributed by atoms with Gasteiger partial charge < -0.3 is 4.74 Å². The van der Waals surface area contributed by atoms with Gasteiger partial charge in [0.1, 0.15) is 6.04 Å². The van der Waals surface area contributed by atoms with Crippen molar-refractivity contribution in [1.29, 1.82) is 5.26 Å². The van der Waals surface area contributed by atoms with Gasteiger partial charge in [-0.3, -0.25) is 0 Å². The number of nitrogens with one attached hydrogen (secondary N) is 2. The van der Waals surface area contributed by atoms with E-state index in [0.717, 1.165) is 0 Å². The van der Waals surface area contributed by atoms with E-state index in [4.69, 9.17) is 5.26 Å². The molecule has 0 aliphatic carbocycles. The SMILES string of the molecule is CC(C#N)NS(=O)(=O)NC(=O)OC(C)C. The van der Waals surface area contributed by atoms with E-state index in [-0.39, 0.29) is 0 Å². The van der Waals surface area contributed by atoms with Crippen LogP contribution in [0.2, 0.25) is 0 Å². The Labute approximate surface area is 88.6 Å². The van der Waals surface area contributed by atoms with E-state index in [1.54, 1.807) is 24.6 Å². The van der Waals surface area contributed by atoms with Crippen molar-refractivity contribution in [2.45, 2.75) is 32.9 Å². The second-order valence-electron chi connectivity index (χ2n) is 3.03. The summed E-state index contributed by atoms with van der Waals surface area (Å²) in [7, 11) is -4.03. The van der Waals surface area contributed by atoms with Crippen molar-refractivity contribution in [1.82, 2.24) is 9.44 Å². The number of nitriles is 1. The molecule has 1 unspecified atom stereocenters. The summed E-state index contributed by atoms with van der Waals surface area (Å²) in [5, 5.41) is 8.36. The summed E-state index contributed by atoms with van der Waals surface area (Å²) in [6, 6.07) is 0.731. The van der Waals surface area contributed by atoms with Crippen LogP contribution in [-0.4, -0.2) is 26.7 Å². The van der Waals surface area contributed by atoms with Crippen molar-refractivity contribution < 1.29 is 17.9 Å². The first-order valence-corrected chi connectivity index (χ1v) is 5.65. The molecule has 0 aromatic heterocycles. The standard InChI is InChI=1S/C7H13N3O4S/c1-5(2)14-7(11)10-15(12,13)9-6(3)4-8/h5-6,9H,1-3H3,(H,10,11). The molecule has 15 heavy (non-hydrogen) atoms. The second kappa shape index (κ2) is 5.53. The Kier molecular flexibility index (Phi) is 5.04. The predicted molar refractivity (Wildman–Crippen MR) is 51.9 cm³/mol. The zero-order chi connectivity index (χ0) is 12.1. The van der Waals surface area contributed by atoms with E-state index in [2.05, 4.69) is 4.74 Å². The molecule has 0 fully saturated rings. The van der Waals surface area contributed by atoms with Crippen LogP contribution in [0.15, 0.2) is 0 Å². The van der Waals surface area contributed by atoms with E-state index in [1.807, 2.05) is 4.72 Å². The molecule has 0 aromatic carbocycles. The van der Waals surface area contributed by atoms with Gasteiger partial charge in [0.15, 0.2) is 0 Å². The van der Waals surface area contributed by atoms with Crippen molar-refractivity contribution in [2.75, 3.05) is 0 Å². The second-order valence-corrected chi connectivity index (χ2v) is 4.47. The van der Waals surface area contributed by atoms with E-state index in [0.29, 0.717) is 0 Å². The monoisotopic (exact) mass is 235 g/mol. The Morgan fingerprint density at radius 2 is 1.93 bits per heavy atom. The Hall–Kier alpha value is -1.33. The molecule has 0 radical (unpaired) electrons. The summed E-state index contributed by atoms with van der Waals surface area (Å²) < 4.78 is 30.3. The molecule has 2 N–H and O–H groups in total. The average molecular weight is 235 g/mol. The molecule has 0 aromatic rings. The summed E-state index contributed by atoms with van der Waals surface area (Å²) in [5.41, 5.74) is 0. The first-order valence-electron chi connectivity index (χ1n) is 4.17. The molecule has 8 heteroatoms. The topological polar surface area (TPSA) is 108 Å². The molecule has 1 amide bonds. The summed E-state index contributed by atoms with van der Waals surface area (Å²) in [6.07, 6.45) is -1.50. The number of carbonyl (C=O) groups excluding carboxylic acids is 1. The largest absolute Gasteiger partial charge is 0.446 e. The number of ether oxygens (including phenoxy) is 1. The fourth-order valence-corrected chi connectivity index (χ4v) is 1.48. The van der Waals surface area contributed by atoms with E-state index in [9.17, 15) is 13.2 Å². The molecule has 0 aliphatic heterocycles. The third kappa shape index (κ3) is 6.70. The van der Waals surface area contributed by atoms with E-state index in [1.165, 1.54) is 6.92 Å². The van der Waals surface area contributed by atoms with Gasteiger partial charge in [-0.25, -0.2) is 9.52 Å². The smallest absolute Gasteiger partial charge is 0.422 e. The minimum absolute atomic E-state index is 0.423.